The number of nitrogens with zero attached hydrogens (tertiary/aromatic N) is 1. The Hall–Kier alpha value is -1.70. The molecule has 0 aromatic heterocycles. The van der Waals surface area contributed by atoms with Crippen LogP contribution in [-0.4, -0.2) is 41.1 Å². The van der Waals surface area contributed by atoms with Crippen LogP contribution in [0.15, 0.2) is 0 Å². The van der Waals surface area contributed by atoms with Gasteiger partial charge in [-0.25, -0.2) is 4.79 Å². The van der Waals surface area contributed by atoms with Crippen molar-refractivity contribution in [2.45, 2.75) is 38.1 Å². The fraction of sp³-hybridized carbons (Fsp3) is 0.667. The molecular formula is C12H18N2O3. The fourth-order valence-electron chi connectivity index (χ4n) is 2.02. The van der Waals surface area contributed by atoms with Crippen molar-refractivity contribution in [2.24, 2.45) is 0 Å². The highest BCUT2D eigenvalue weighted by molar-refractivity contribution is 5.76. The van der Waals surface area contributed by atoms with Gasteiger partial charge < -0.3 is 15.3 Å². The monoisotopic (exact) mass is 238 g/mol. The van der Waals surface area contributed by atoms with Crippen LogP contribution in [0.2, 0.25) is 0 Å². The van der Waals surface area contributed by atoms with E-state index < -0.39 is 5.97 Å². The third-order valence-corrected chi connectivity index (χ3v) is 2.84. The molecular weight excluding hydrogens is 220 g/mol. The standard InChI is InChI=1S/C12H18N2O3/c1-2-3-7-13-12(17)14-8-5-4-6-10(14)9-11(15)16/h1,10H,3-9H2,(H,13,17)(H,15,16). The summed E-state index contributed by atoms with van der Waals surface area (Å²) in [6.07, 6.45) is 8.27. The molecule has 0 aromatic rings. The van der Waals surface area contributed by atoms with Crippen LogP contribution in [0.5, 0.6) is 0 Å². The van der Waals surface area contributed by atoms with E-state index >= 15 is 0 Å². The van der Waals surface area contributed by atoms with Crippen molar-refractivity contribution in [1.29, 1.82) is 0 Å². The van der Waals surface area contributed by atoms with Crippen molar-refractivity contribution < 1.29 is 14.7 Å². The molecule has 0 saturated carbocycles. The first-order valence-electron chi connectivity index (χ1n) is 5.85. The largest absolute Gasteiger partial charge is 0.481 e. The van der Waals surface area contributed by atoms with E-state index in [1.54, 1.807) is 4.90 Å². The Morgan fingerprint density at radius 3 is 2.88 bits per heavy atom. The van der Waals surface area contributed by atoms with E-state index in [-0.39, 0.29) is 18.5 Å². The molecule has 1 fully saturated rings. The highest BCUT2D eigenvalue weighted by atomic mass is 16.4. The van der Waals surface area contributed by atoms with Crippen LogP contribution in [-0.2, 0) is 4.79 Å². The molecule has 1 aliphatic rings. The van der Waals surface area contributed by atoms with Crippen molar-refractivity contribution in [2.75, 3.05) is 13.1 Å². The molecule has 2 N–H and O–H groups in total. The van der Waals surface area contributed by atoms with Crippen molar-refractivity contribution >= 4 is 12.0 Å². The number of amides is 2. The molecule has 0 aliphatic carbocycles. The maximum atomic E-state index is 11.8. The highest BCUT2D eigenvalue weighted by Crippen LogP contribution is 2.19. The van der Waals surface area contributed by atoms with Gasteiger partial charge in [0.1, 0.15) is 0 Å². The quantitative estimate of drug-likeness (QED) is 0.568. The number of carboxylic acids is 1. The maximum absolute atomic E-state index is 11.8. The van der Waals surface area contributed by atoms with E-state index in [0.717, 1.165) is 19.3 Å². The molecule has 1 aliphatic heterocycles. The third-order valence-electron chi connectivity index (χ3n) is 2.84. The second-order valence-corrected chi connectivity index (χ2v) is 4.13. The maximum Gasteiger partial charge on any atom is 0.317 e. The molecule has 1 rings (SSSR count). The predicted octanol–water partition coefficient (Wildman–Crippen LogP) is 1.05. The highest BCUT2D eigenvalue weighted by Gasteiger charge is 2.27. The molecule has 1 saturated heterocycles. The molecule has 0 aromatic carbocycles. The van der Waals surface area contributed by atoms with Gasteiger partial charge in [-0.05, 0) is 19.3 Å². The zero-order valence-corrected chi connectivity index (χ0v) is 9.82. The van der Waals surface area contributed by atoms with Crippen LogP contribution in [0.4, 0.5) is 4.79 Å². The Balaban J connectivity index is 2.49. The van der Waals surface area contributed by atoms with Gasteiger partial charge in [0.2, 0.25) is 0 Å². The van der Waals surface area contributed by atoms with Gasteiger partial charge in [-0.1, -0.05) is 0 Å². The number of carbonyl (C=O) groups is 2. The predicted molar refractivity (Wildman–Crippen MR) is 63.4 cm³/mol. The lowest BCUT2D eigenvalue weighted by Gasteiger charge is -2.34. The van der Waals surface area contributed by atoms with E-state index in [0.29, 0.717) is 19.5 Å². The topological polar surface area (TPSA) is 69.6 Å². The minimum Gasteiger partial charge on any atom is -0.481 e. The number of carboxylic acid groups (broad SMARTS) is 1. The normalized spacial score (nSPS) is 19.5. The smallest absolute Gasteiger partial charge is 0.317 e. The molecule has 94 valence electrons. The average molecular weight is 238 g/mol. The van der Waals surface area contributed by atoms with E-state index in [1.807, 2.05) is 0 Å². The molecule has 0 radical (unpaired) electrons. The number of hydrogen-bond donors (Lipinski definition) is 2. The second kappa shape index (κ2) is 6.79. The van der Waals surface area contributed by atoms with Crippen LogP contribution in [0.3, 0.4) is 0 Å². The van der Waals surface area contributed by atoms with E-state index in [1.165, 1.54) is 0 Å². The van der Waals surface area contributed by atoms with E-state index in [4.69, 9.17) is 11.5 Å². The first kappa shape index (κ1) is 13.4. The molecule has 0 bridgehead atoms. The number of likely N-dealkylation sites (tertiary alicyclic amines) is 1. The van der Waals surface area contributed by atoms with Crippen molar-refractivity contribution in [1.82, 2.24) is 10.2 Å². The molecule has 1 heterocycles. The number of aliphatic carboxylic acids is 1. The van der Waals surface area contributed by atoms with Crippen LogP contribution in [0.25, 0.3) is 0 Å². The summed E-state index contributed by atoms with van der Waals surface area (Å²) >= 11 is 0. The molecule has 1 atom stereocenters. The Morgan fingerprint density at radius 1 is 1.47 bits per heavy atom. The van der Waals surface area contributed by atoms with Crippen LogP contribution >= 0.6 is 0 Å². The van der Waals surface area contributed by atoms with Gasteiger partial charge in [0, 0.05) is 25.6 Å². The summed E-state index contributed by atoms with van der Waals surface area (Å²) in [7, 11) is 0. The first-order chi connectivity index (χ1) is 8.15. The summed E-state index contributed by atoms with van der Waals surface area (Å²) in [5.41, 5.74) is 0. The molecule has 0 spiro atoms. The lowest BCUT2D eigenvalue weighted by molar-refractivity contribution is -0.138. The van der Waals surface area contributed by atoms with Crippen LogP contribution < -0.4 is 5.32 Å². The van der Waals surface area contributed by atoms with Crippen molar-refractivity contribution in [3.05, 3.63) is 0 Å². The summed E-state index contributed by atoms with van der Waals surface area (Å²) in [5.74, 6) is 1.58. The fourth-order valence-corrected chi connectivity index (χ4v) is 2.02. The van der Waals surface area contributed by atoms with Gasteiger partial charge in [-0.15, -0.1) is 12.3 Å². The Kier molecular flexibility index (Phi) is 5.34. The van der Waals surface area contributed by atoms with Crippen LogP contribution in [0.1, 0.15) is 32.1 Å². The number of urea groups is 1. The number of rotatable bonds is 4. The Morgan fingerprint density at radius 2 is 2.24 bits per heavy atom. The number of nitrogens with one attached hydrogen (secondary N) is 1. The zero-order chi connectivity index (χ0) is 12.7. The minimum atomic E-state index is -0.863. The van der Waals surface area contributed by atoms with Gasteiger partial charge in [0.05, 0.1) is 6.42 Å². The average Bonchev–Trinajstić information content (AvgIpc) is 2.29. The van der Waals surface area contributed by atoms with Gasteiger partial charge >= 0.3 is 12.0 Å². The summed E-state index contributed by atoms with van der Waals surface area (Å²) in [4.78, 5) is 24.1. The Bertz CT molecular complexity index is 322. The number of terminal acetylenes is 1. The van der Waals surface area contributed by atoms with E-state index in [2.05, 4.69) is 11.2 Å². The van der Waals surface area contributed by atoms with E-state index in [9.17, 15) is 9.59 Å². The summed E-state index contributed by atoms with van der Waals surface area (Å²) < 4.78 is 0. The lowest BCUT2D eigenvalue weighted by atomic mass is 10.00. The molecule has 5 heteroatoms. The minimum absolute atomic E-state index is 0.0164. The van der Waals surface area contributed by atoms with Crippen LogP contribution in [0, 0.1) is 12.3 Å². The summed E-state index contributed by atoms with van der Waals surface area (Å²) in [5, 5.41) is 11.5. The summed E-state index contributed by atoms with van der Waals surface area (Å²) in [6.45, 7) is 1.06. The number of piperidine rings is 1. The first-order valence-corrected chi connectivity index (χ1v) is 5.85. The number of hydrogen-bond acceptors (Lipinski definition) is 2. The van der Waals surface area contributed by atoms with Crippen molar-refractivity contribution in [3.8, 4) is 12.3 Å². The third kappa shape index (κ3) is 4.35. The Labute approximate surface area is 101 Å². The number of carbonyl (C=O) groups excluding carboxylic acids is 1. The lowest BCUT2D eigenvalue weighted by Crippen LogP contribution is -2.49. The van der Waals surface area contributed by atoms with Gasteiger partial charge in [0.15, 0.2) is 0 Å². The van der Waals surface area contributed by atoms with Gasteiger partial charge in [-0.2, -0.15) is 0 Å². The SMILES string of the molecule is C#CCCNC(=O)N1CCCCC1CC(=O)O. The molecule has 5 nitrogen and oxygen atoms in total. The zero-order valence-electron chi connectivity index (χ0n) is 9.82. The van der Waals surface area contributed by atoms with Gasteiger partial charge in [-0.3, -0.25) is 4.79 Å². The van der Waals surface area contributed by atoms with Crippen molar-refractivity contribution in [3.63, 3.8) is 0 Å². The summed E-state index contributed by atoms with van der Waals surface area (Å²) in [6, 6.07) is -0.390. The second-order valence-electron chi connectivity index (χ2n) is 4.13. The molecule has 2 amide bonds. The molecule has 17 heavy (non-hydrogen) atoms. The molecule has 1 unspecified atom stereocenters. The van der Waals surface area contributed by atoms with Gasteiger partial charge in [0.25, 0.3) is 0 Å².